The van der Waals surface area contributed by atoms with Gasteiger partial charge in [0.15, 0.2) is 5.76 Å². The lowest BCUT2D eigenvalue weighted by molar-refractivity contribution is -0.126. The van der Waals surface area contributed by atoms with Gasteiger partial charge < -0.3 is 13.7 Å². The molecule has 0 aliphatic heterocycles. The lowest BCUT2D eigenvalue weighted by Crippen LogP contribution is -2.29. The molecule has 0 spiro atoms. The maximum atomic E-state index is 13.8. The van der Waals surface area contributed by atoms with E-state index in [0.717, 1.165) is 10.9 Å². The highest BCUT2D eigenvalue weighted by atomic mass is 79.9. The van der Waals surface area contributed by atoms with Crippen LogP contribution < -0.4 is 0 Å². The summed E-state index contributed by atoms with van der Waals surface area (Å²) in [5.41, 5.74) is 0.326. The Bertz CT molecular complexity index is 938. The largest absolute Gasteiger partial charge is 0.459 e. The van der Waals surface area contributed by atoms with Crippen LogP contribution in [0.4, 0.5) is 4.39 Å². The van der Waals surface area contributed by atoms with Crippen LogP contribution in [0.3, 0.4) is 0 Å². The third kappa shape index (κ3) is 4.91. The second-order valence-corrected chi connectivity index (χ2v) is 6.65. The van der Waals surface area contributed by atoms with Crippen LogP contribution in [0.1, 0.15) is 24.8 Å². The van der Waals surface area contributed by atoms with E-state index in [1.807, 2.05) is 6.92 Å². The Labute approximate surface area is 163 Å². The molecule has 0 aliphatic carbocycles. The number of nitrogens with zero attached hydrogens (tertiary/aromatic N) is 3. The molecule has 27 heavy (non-hydrogen) atoms. The molecule has 1 aromatic carbocycles. The molecule has 1 amide bonds. The van der Waals surface area contributed by atoms with E-state index in [4.69, 9.17) is 8.83 Å². The number of carbonyl (C=O) groups is 1. The van der Waals surface area contributed by atoms with Crippen LogP contribution in [-0.4, -0.2) is 27.5 Å². The lowest BCUT2D eigenvalue weighted by atomic mass is 10.2. The van der Waals surface area contributed by atoms with Gasteiger partial charge in [0.2, 0.25) is 11.8 Å². The third-order valence-electron chi connectivity index (χ3n) is 3.69. The van der Waals surface area contributed by atoms with Crippen LogP contribution >= 0.6 is 15.9 Å². The van der Waals surface area contributed by atoms with Gasteiger partial charge in [0, 0.05) is 22.7 Å². The van der Waals surface area contributed by atoms with E-state index in [-0.39, 0.29) is 18.3 Å². The number of hydrogen-bond acceptors (Lipinski definition) is 5. The Balaban J connectivity index is 1.72. The van der Waals surface area contributed by atoms with Gasteiger partial charge in [0.05, 0.1) is 12.8 Å². The minimum atomic E-state index is -0.399. The molecule has 3 aromatic rings. The van der Waals surface area contributed by atoms with Crippen LogP contribution in [0.15, 0.2) is 56.0 Å². The van der Waals surface area contributed by atoms with Crippen molar-refractivity contribution in [3.05, 3.63) is 64.4 Å². The van der Waals surface area contributed by atoms with E-state index in [1.165, 1.54) is 24.5 Å². The minimum absolute atomic E-state index is 0.158. The number of aromatic nitrogens is 2. The Hall–Kier alpha value is -2.74. The van der Waals surface area contributed by atoms with Crippen molar-refractivity contribution in [2.24, 2.45) is 0 Å². The molecule has 0 radical (unpaired) electrons. The number of benzene rings is 1. The number of hydrogen-bond donors (Lipinski definition) is 0. The number of rotatable bonds is 7. The van der Waals surface area contributed by atoms with Gasteiger partial charge in [-0.05, 0) is 42.8 Å². The van der Waals surface area contributed by atoms with Gasteiger partial charge in [0.1, 0.15) is 5.82 Å². The molecule has 0 N–H and O–H groups in total. The van der Waals surface area contributed by atoms with Crippen molar-refractivity contribution >= 4 is 27.9 Å². The Morgan fingerprint density at radius 3 is 2.93 bits per heavy atom. The van der Waals surface area contributed by atoms with Gasteiger partial charge in [-0.2, -0.15) is 0 Å². The normalized spacial score (nSPS) is 11.2. The highest BCUT2D eigenvalue weighted by Crippen LogP contribution is 2.19. The number of amides is 1. The van der Waals surface area contributed by atoms with E-state index >= 15 is 0 Å². The first-order chi connectivity index (χ1) is 13.1. The smallest absolute Gasteiger partial charge is 0.283 e. The van der Waals surface area contributed by atoms with Crippen molar-refractivity contribution in [2.75, 3.05) is 6.54 Å². The summed E-state index contributed by atoms with van der Waals surface area (Å²) in [7, 11) is 0. The van der Waals surface area contributed by atoms with Crippen LogP contribution in [0.2, 0.25) is 0 Å². The van der Waals surface area contributed by atoms with Crippen molar-refractivity contribution in [3.8, 4) is 11.7 Å². The van der Waals surface area contributed by atoms with Crippen LogP contribution in [0.25, 0.3) is 17.7 Å². The first-order valence-corrected chi connectivity index (χ1v) is 9.14. The number of carbonyl (C=O) groups excluding carboxylic acids is 1. The van der Waals surface area contributed by atoms with Crippen LogP contribution in [-0.2, 0) is 11.3 Å². The first kappa shape index (κ1) is 19.0. The SMILES string of the molecule is CCCN(Cc1nnc(-c2ccco2)o1)C(=O)/C=C/c1cc(Br)ccc1F. The summed E-state index contributed by atoms with van der Waals surface area (Å²) in [6.07, 6.45) is 5.06. The highest BCUT2D eigenvalue weighted by molar-refractivity contribution is 9.10. The first-order valence-electron chi connectivity index (χ1n) is 8.35. The topological polar surface area (TPSA) is 72.4 Å². The zero-order valence-corrected chi connectivity index (χ0v) is 16.1. The van der Waals surface area contributed by atoms with E-state index in [0.29, 0.717) is 23.8 Å². The van der Waals surface area contributed by atoms with E-state index in [1.54, 1.807) is 29.2 Å². The van der Waals surface area contributed by atoms with Crippen LogP contribution in [0.5, 0.6) is 0 Å². The average Bonchev–Trinajstić information content (AvgIpc) is 3.33. The predicted molar refractivity (Wildman–Crippen MR) is 101 cm³/mol. The van der Waals surface area contributed by atoms with E-state index in [9.17, 15) is 9.18 Å². The summed E-state index contributed by atoms with van der Waals surface area (Å²) in [4.78, 5) is 14.1. The zero-order valence-electron chi connectivity index (χ0n) is 14.6. The molecule has 6 nitrogen and oxygen atoms in total. The van der Waals surface area contributed by atoms with Gasteiger partial charge in [-0.15, -0.1) is 10.2 Å². The van der Waals surface area contributed by atoms with Gasteiger partial charge in [0.25, 0.3) is 5.89 Å². The summed E-state index contributed by atoms with van der Waals surface area (Å²) in [6.45, 7) is 2.62. The second kappa shape index (κ2) is 8.77. The molecule has 0 aliphatic rings. The molecule has 2 aromatic heterocycles. The molecule has 0 fully saturated rings. The standard InChI is InChI=1S/C19H17BrFN3O3/c1-2-9-24(12-17-22-23-19(27-17)16-4-3-10-26-16)18(25)8-5-13-11-14(20)6-7-15(13)21/h3-8,10-11H,2,9,12H2,1H3/b8-5+. The molecule has 140 valence electrons. The van der Waals surface area contributed by atoms with Gasteiger partial charge in [-0.25, -0.2) is 4.39 Å². The van der Waals surface area contributed by atoms with Crippen molar-refractivity contribution in [1.29, 1.82) is 0 Å². The predicted octanol–water partition coefficient (Wildman–Crippen LogP) is 4.68. The average molecular weight is 434 g/mol. The molecule has 0 bridgehead atoms. The molecule has 3 rings (SSSR count). The Morgan fingerprint density at radius 2 is 2.19 bits per heavy atom. The molecule has 8 heteroatoms. The number of halogens is 2. The fourth-order valence-corrected chi connectivity index (χ4v) is 2.81. The maximum absolute atomic E-state index is 13.8. The fraction of sp³-hybridized carbons (Fsp3) is 0.211. The van der Waals surface area contributed by atoms with Crippen molar-refractivity contribution in [3.63, 3.8) is 0 Å². The van der Waals surface area contributed by atoms with Gasteiger partial charge >= 0.3 is 0 Å². The second-order valence-electron chi connectivity index (χ2n) is 5.74. The molecule has 0 unspecified atom stereocenters. The summed E-state index contributed by atoms with van der Waals surface area (Å²) >= 11 is 3.29. The summed E-state index contributed by atoms with van der Waals surface area (Å²) in [5, 5.41) is 7.88. The van der Waals surface area contributed by atoms with Crippen LogP contribution in [0, 0.1) is 5.82 Å². The van der Waals surface area contributed by atoms with Crippen molar-refractivity contribution in [1.82, 2.24) is 15.1 Å². The molecule has 0 saturated carbocycles. The van der Waals surface area contributed by atoms with Crippen molar-refractivity contribution in [2.45, 2.75) is 19.9 Å². The monoisotopic (exact) mass is 433 g/mol. The Kier molecular flexibility index (Phi) is 6.18. The quantitative estimate of drug-likeness (QED) is 0.505. The van der Waals surface area contributed by atoms with E-state index < -0.39 is 5.82 Å². The maximum Gasteiger partial charge on any atom is 0.283 e. The molecule has 2 heterocycles. The van der Waals surface area contributed by atoms with Crippen molar-refractivity contribution < 1.29 is 18.0 Å². The zero-order chi connectivity index (χ0) is 19.2. The summed E-state index contributed by atoms with van der Waals surface area (Å²) < 4.78 is 25.3. The molecular formula is C19H17BrFN3O3. The number of furan rings is 1. The minimum Gasteiger partial charge on any atom is -0.459 e. The Morgan fingerprint density at radius 1 is 1.33 bits per heavy atom. The summed E-state index contributed by atoms with van der Waals surface area (Å²) in [5.74, 6) is 0.348. The summed E-state index contributed by atoms with van der Waals surface area (Å²) in [6, 6.07) is 7.98. The van der Waals surface area contributed by atoms with Gasteiger partial charge in [-0.3, -0.25) is 4.79 Å². The fourth-order valence-electron chi connectivity index (χ4n) is 2.43. The third-order valence-corrected chi connectivity index (χ3v) is 4.19. The highest BCUT2D eigenvalue weighted by Gasteiger charge is 2.16. The molecule has 0 saturated heterocycles. The molecule has 0 atom stereocenters. The molecular weight excluding hydrogens is 417 g/mol. The van der Waals surface area contributed by atoms with Gasteiger partial charge in [-0.1, -0.05) is 22.9 Å². The lowest BCUT2D eigenvalue weighted by Gasteiger charge is -2.18. The van der Waals surface area contributed by atoms with E-state index in [2.05, 4.69) is 26.1 Å².